The Hall–Kier alpha value is -0.860. The maximum atomic E-state index is 10.5. The van der Waals surface area contributed by atoms with Crippen molar-refractivity contribution in [3.63, 3.8) is 0 Å². The molecule has 0 bridgehead atoms. The molecule has 3 nitrogen and oxygen atoms in total. The zero-order valence-corrected chi connectivity index (χ0v) is 9.20. The molecule has 0 fully saturated rings. The van der Waals surface area contributed by atoms with Crippen LogP contribution in [-0.4, -0.2) is 23.8 Å². The zero-order chi connectivity index (χ0) is 11.0. The topological polar surface area (TPSA) is 49.7 Å². The van der Waals surface area contributed by atoms with Crippen molar-refractivity contribution < 1.29 is 9.90 Å². The highest BCUT2D eigenvalue weighted by Gasteiger charge is 2.12. The van der Waals surface area contributed by atoms with Gasteiger partial charge in [0, 0.05) is 0 Å². The molecule has 0 heterocycles. The van der Waals surface area contributed by atoms with Gasteiger partial charge in [0.2, 0.25) is 0 Å². The molecule has 0 spiro atoms. The van der Waals surface area contributed by atoms with Gasteiger partial charge in [0.1, 0.15) is 0 Å². The molecular formula is C11H21NO2. The number of carboxylic acid groups (broad SMARTS) is 1. The third-order valence-corrected chi connectivity index (χ3v) is 2.44. The largest absolute Gasteiger partial charge is 0.481 e. The fourth-order valence-corrected chi connectivity index (χ4v) is 1.57. The minimum atomic E-state index is -0.787. The first-order valence-corrected chi connectivity index (χ1v) is 5.27. The minimum Gasteiger partial charge on any atom is -0.481 e. The minimum absolute atomic E-state index is 0.105. The van der Waals surface area contributed by atoms with Crippen LogP contribution in [0.15, 0.2) is 4.99 Å². The summed E-state index contributed by atoms with van der Waals surface area (Å²) in [6, 6.07) is -0.105. The molecule has 0 aromatic rings. The van der Waals surface area contributed by atoms with Crippen molar-refractivity contribution in [2.75, 3.05) is 0 Å². The van der Waals surface area contributed by atoms with E-state index in [9.17, 15) is 4.79 Å². The smallest absolute Gasteiger partial charge is 0.305 e. The van der Waals surface area contributed by atoms with Crippen molar-refractivity contribution in [1.29, 1.82) is 0 Å². The van der Waals surface area contributed by atoms with Gasteiger partial charge < -0.3 is 5.11 Å². The summed E-state index contributed by atoms with van der Waals surface area (Å²) in [6.45, 7) is 7.79. The Kier molecular flexibility index (Phi) is 7.07. The van der Waals surface area contributed by atoms with Crippen molar-refractivity contribution in [3.8, 4) is 0 Å². The summed E-state index contributed by atoms with van der Waals surface area (Å²) in [5.74, 6) is -0.122. The first-order valence-electron chi connectivity index (χ1n) is 5.27. The summed E-state index contributed by atoms with van der Waals surface area (Å²) >= 11 is 0. The second kappa shape index (κ2) is 7.54. The molecule has 2 unspecified atom stereocenters. The lowest BCUT2D eigenvalue weighted by Gasteiger charge is -2.13. The number of hydrogen-bond acceptors (Lipinski definition) is 2. The van der Waals surface area contributed by atoms with Gasteiger partial charge >= 0.3 is 5.97 Å². The molecule has 0 aromatic heterocycles. The molecule has 2 atom stereocenters. The summed E-state index contributed by atoms with van der Waals surface area (Å²) < 4.78 is 0. The van der Waals surface area contributed by atoms with E-state index in [0.717, 1.165) is 12.8 Å². The maximum Gasteiger partial charge on any atom is 0.305 e. The highest BCUT2D eigenvalue weighted by Crippen LogP contribution is 2.16. The normalized spacial score (nSPS) is 14.7. The molecule has 0 rings (SSSR count). The van der Waals surface area contributed by atoms with Crippen LogP contribution >= 0.6 is 0 Å². The first kappa shape index (κ1) is 13.1. The van der Waals surface area contributed by atoms with Gasteiger partial charge in [-0.2, -0.15) is 0 Å². The number of nitrogens with zero attached hydrogens (tertiary/aromatic N) is 1. The fraction of sp³-hybridized carbons (Fsp3) is 0.818. The van der Waals surface area contributed by atoms with E-state index in [1.165, 1.54) is 12.8 Å². The molecule has 0 amide bonds. The van der Waals surface area contributed by atoms with Crippen molar-refractivity contribution in [1.82, 2.24) is 0 Å². The van der Waals surface area contributed by atoms with Crippen molar-refractivity contribution >= 4 is 12.7 Å². The van der Waals surface area contributed by atoms with Crippen LogP contribution in [0.4, 0.5) is 0 Å². The number of aliphatic carboxylic acids is 1. The number of hydrogen-bond donors (Lipinski definition) is 1. The summed E-state index contributed by atoms with van der Waals surface area (Å²) in [6.07, 6.45) is 4.40. The summed E-state index contributed by atoms with van der Waals surface area (Å²) in [7, 11) is 0. The number of rotatable bonds is 8. The van der Waals surface area contributed by atoms with E-state index < -0.39 is 5.97 Å². The molecule has 0 aliphatic carbocycles. The maximum absolute atomic E-state index is 10.5. The van der Waals surface area contributed by atoms with Gasteiger partial charge in [-0.1, -0.05) is 26.7 Å². The summed E-state index contributed by atoms with van der Waals surface area (Å²) in [5.41, 5.74) is 0. The lowest BCUT2D eigenvalue weighted by atomic mass is 9.96. The lowest BCUT2D eigenvalue weighted by Crippen LogP contribution is -2.12. The number of aliphatic imine (C=N–C) groups is 1. The Morgan fingerprint density at radius 2 is 2.07 bits per heavy atom. The van der Waals surface area contributed by atoms with E-state index in [1.807, 2.05) is 0 Å². The van der Waals surface area contributed by atoms with E-state index >= 15 is 0 Å². The van der Waals surface area contributed by atoms with Crippen molar-refractivity contribution in [2.45, 2.75) is 52.0 Å². The van der Waals surface area contributed by atoms with Crippen LogP contribution in [-0.2, 0) is 4.79 Å². The van der Waals surface area contributed by atoms with E-state index in [-0.39, 0.29) is 12.5 Å². The first-order chi connectivity index (χ1) is 6.60. The Bertz CT molecular complexity index is 180. The Labute approximate surface area is 86.2 Å². The molecule has 1 N–H and O–H groups in total. The van der Waals surface area contributed by atoms with Gasteiger partial charge in [0.25, 0.3) is 0 Å². The molecular weight excluding hydrogens is 178 g/mol. The van der Waals surface area contributed by atoms with Gasteiger partial charge in [0.15, 0.2) is 0 Å². The molecule has 0 saturated heterocycles. The van der Waals surface area contributed by atoms with Crippen LogP contribution in [0.5, 0.6) is 0 Å². The second-order valence-corrected chi connectivity index (χ2v) is 3.91. The molecule has 82 valence electrons. The third kappa shape index (κ3) is 6.63. The predicted octanol–water partition coefficient (Wildman–Crippen LogP) is 2.75. The zero-order valence-electron chi connectivity index (χ0n) is 9.20. The molecule has 14 heavy (non-hydrogen) atoms. The van der Waals surface area contributed by atoms with Crippen LogP contribution in [0, 0.1) is 5.92 Å². The molecule has 0 aromatic carbocycles. The van der Waals surface area contributed by atoms with Crippen LogP contribution in [0.1, 0.15) is 46.0 Å². The highest BCUT2D eigenvalue weighted by atomic mass is 16.4. The Morgan fingerprint density at radius 3 is 2.50 bits per heavy atom. The van der Waals surface area contributed by atoms with E-state index in [0.29, 0.717) is 5.92 Å². The van der Waals surface area contributed by atoms with E-state index in [4.69, 9.17) is 5.11 Å². The summed E-state index contributed by atoms with van der Waals surface area (Å²) in [4.78, 5) is 14.3. The Balaban J connectivity index is 3.71. The Morgan fingerprint density at radius 1 is 1.43 bits per heavy atom. The van der Waals surface area contributed by atoms with Gasteiger partial charge in [0.05, 0.1) is 12.5 Å². The van der Waals surface area contributed by atoms with E-state index in [2.05, 4.69) is 25.6 Å². The van der Waals surface area contributed by atoms with Crippen molar-refractivity contribution in [3.05, 3.63) is 0 Å². The van der Waals surface area contributed by atoms with Crippen molar-refractivity contribution in [2.24, 2.45) is 10.9 Å². The molecule has 0 aliphatic rings. The molecule has 0 saturated carbocycles. The standard InChI is InChI=1S/C11H21NO2/c1-4-5-9(2)6-7-10(12-3)8-11(13)14/h9-10H,3-8H2,1-2H3,(H,13,14). The summed E-state index contributed by atoms with van der Waals surface area (Å²) in [5, 5.41) is 8.60. The van der Waals surface area contributed by atoms with Gasteiger partial charge in [-0.25, -0.2) is 0 Å². The lowest BCUT2D eigenvalue weighted by molar-refractivity contribution is -0.137. The van der Waals surface area contributed by atoms with Gasteiger partial charge in [-0.15, -0.1) is 0 Å². The molecule has 3 heteroatoms. The van der Waals surface area contributed by atoms with Gasteiger partial charge in [-0.05, 0) is 25.5 Å². The van der Waals surface area contributed by atoms with Crippen LogP contribution < -0.4 is 0 Å². The average molecular weight is 199 g/mol. The van der Waals surface area contributed by atoms with Gasteiger partial charge in [-0.3, -0.25) is 9.79 Å². The quantitative estimate of drug-likeness (QED) is 0.611. The predicted molar refractivity (Wildman–Crippen MR) is 58.9 cm³/mol. The second-order valence-electron chi connectivity index (χ2n) is 3.91. The monoisotopic (exact) mass is 199 g/mol. The van der Waals surface area contributed by atoms with E-state index in [1.54, 1.807) is 0 Å². The third-order valence-electron chi connectivity index (χ3n) is 2.44. The number of carbonyl (C=O) groups is 1. The number of carboxylic acids is 1. The van der Waals surface area contributed by atoms with Crippen LogP contribution in [0.3, 0.4) is 0 Å². The highest BCUT2D eigenvalue weighted by molar-refractivity contribution is 5.67. The fourth-order valence-electron chi connectivity index (χ4n) is 1.57. The molecule has 0 aliphatic heterocycles. The van der Waals surface area contributed by atoms with Crippen LogP contribution in [0.25, 0.3) is 0 Å². The van der Waals surface area contributed by atoms with Crippen LogP contribution in [0.2, 0.25) is 0 Å². The SMILES string of the molecule is C=NC(CCC(C)CCC)CC(=O)O. The molecule has 0 radical (unpaired) electrons. The average Bonchev–Trinajstić information content (AvgIpc) is 2.12.